The second-order valence-electron chi connectivity index (χ2n) is 3.88. The van der Waals surface area contributed by atoms with Gasteiger partial charge in [0.1, 0.15) is 11.7 Å². The van der Waals surface area contributed by atoms with E-state index in [1.165, 1.54) is 12.1 Å². The van der Waals surface area contributed by atoms with Gasteiger partial charge in [0.2, 0.25) is 5.95 Å². The zero-order valence-electron chi connectivity index (χ0n) is 9.48. The number of carbonyl (C=O) groups excluding carboxylic acids is 1. The molecule has 1 rings (SSSR count). The number of amides is 1. The molecule has 1 atom stereocenters. The van der Waals surface area contributed by atoms with Crippen molar-refractivity contribution in [1.82, 2.24) is 10.3 Å². The van der Waals surface area contributed by atoms with Gasteiger partial charge in [0.15, 0.2) is 0 Å². The van der Waals surface area contributed by atoms with Crippen LogP contribution in [0, 0.1) is 11.9 Å². The molecule has 6 heteroatoms. The van der Waals surface area contributed by atoms with E-state index < -0.39 is 23.9 Å². The molecule has 0 aliphatic rings. The summed E-state index contributed by atoms with van der Waals surface area (Å²) in [5.74, 6) is -2.89. The third kappa shape index (κ3) is 3.51. The van der Waals surface area contributed by atoms with Crippen LogP contribution in [-0.2, 0) is 4.79 Å². The fourth-order valence-corrected chi connectivity index (χ4v) is 1.26. The Bertz CT molecular complexity index is 434. The lowest BCUT2D eigenvalue weighted by molar-refractivity contribution is -0.140. The van der Waals surface area contributed by atoms with E-state index >= 15 is 0 Å². The van der Waals surface area contributed by atoms with Crippen LogP contribution in [0.25, 0.3) is 0 Å². The van der Waals surface area contributed by atoms with Gasteiger partial charge in [-0.05, 0) is 18.1 Å². The van der Waals surface area contributed by atoms with Gasteiger partial charge in [0.05, 0.1) is 0 Å². The summed E-state index contributed by atoms with van der Waals surface area (Å²) in [5.41, 5.74) is -0.142. The highest BCUT2D eigenvalue weighted by atomic mass is 19.1. The van der Waals surface area contributed by atoms with Gasteiger partial charge in [-0.15, -0.1) is 0 Å². The highest BCUT2D eigenvalue weighted by molar-refractivity contribution is 5.94. The van der Waals surface area contributed by atoms with E-state index in [0.717, 1.165) is 6.07 Å². The van der Waals surface area contributed by atoms with Crippen molar-refractivity contribution in [3.05, 3.63) is 29.8 Å². The molecule has 0 saturated heterocycles. The Morgan fingerprint density at radius 2 is 2.06 bits per heavy atom. The fraction of sp³-hybridized carbons (Fsp3) is 0.364. The minimum Gasteiger partial charge on any atom is -0.480 e. The van der Waals surface area contributed by atoms with E-state index in [1.807, 2.05) is 0 Å². The number of rotatable bonds is 4. The molecule has 1 aromatic rings. The van der Waals surface area contributed by atoms with Crippen LogP contribution in [0.2, 0.25) is 0 Å². The molecule has 0 aliphatic heterocycles. The zero-order chi connectivity index (χ0) is 13.0. The molecule has 0 bridgehead atoms. The Morgan fingerprint density at radius 1 is 1.41 bits per heavy atom. The van der Waals surface area contributed by atoms with Crippen molar-refractivity contribution in [3.8, 4) is 0 Å². The minimum absolute atomic E-state index is 0.142. The SMILES string of the molecule is CC(C)[C@@H](NC(=O)c1cccc(F)n1)C(=O)O. The van der Waals surface area contributed by atoms with E-state index in [9.17, 15) is 14.0 Å². The maximum Gasteiger partial charge on any atom is 0.326 e. The van der Waals surface area contributed by atoms with Crippen molar-refractivity contribution in [2.45, 2.75) is 19.9 Å². The van der Waals surface area contributed by atoms with Gasteiger partial charge in [0, 0.05) is 0 Å². The molecular weight excluding hydrogens is 227 g/mol. The summed E-state index contributed by atoms with van der Waals surface area (Å²) in [6.45, 7) is 3.33. The molecule has 0 fully saturated rings. The fourth-order valence-electron chi connectivity index (χ4n) is 1.26. The second kappa shape index (κ2) is 5.38. The van der Waals surface area contributed by atoms with E-state index in [-0.39, 0.29) is 11.6 Å². The van der Waals surface area contributed by atoms with Crippen LogP contribution in [0.3, 0.4) is 0 Å². The Morgan fingerprint density at radius 3 is 2.53 bits per heavy atom. The minimum atomic E-state index is -1.13. The normalized spacial score (nSPS) is 12.2. The molecule has 5 nitrogen and oxygen atoms in total. The average Bonchev–Trinajstić information content (AvgIpc) is 2.24. The molecule has 1 heterocycles. The zero-order valence-corrected chi connectivity index (χ0v) is 9.48. The molecule has 2 N–H and O–H groups in total. The van der Waals surface area contributed by atoms with Crippen LogP contribution in [0.5, 0.6) is 0 Å². The number of hydrogen-bond acceptors (Lipinski definition) is 3. The first-order valence-electron chi connectivity index (χ1n) is 5.08. The summed E-state index contributed by atoms with van der Waals surface area (Å²) in [7, 11) is 0. The van der Waals surface area contributed by atoms with Crippen molar-refractivity contribution >= 4 is 11.9 Å². The van der Waals surface area contributed by atoms with E-state index in [2.05, 4.69) is 10.3 Å². The third-order valence-electron chi connectivity index (χ3n) is 2.17. The summed E-state index contributed by atoms with van der Waals surface area (Å²) < 4.78 is 12.8. The van der Waals surface area contributed by atoms with Crippen molar-refractivity contribution in [1.29, 1.82) is 0 Å². The smallest absolute Gasteiger partial charge is 0.326 e. The van der Waals surface area contributed by atoms with Gasteiger partial charge < -0.3 is 10.4 Å². The summed E-state index contributed by atoms with van der Waals surface area (Å²) in [5, 5.41) is 11.2. The average molecular weight is 240 g/mol. The Balaban J connectivity index is 2.81. The number of carbonyl (C=O) groups is 2. The summed E-state index contributed by atoms with van der Waals surface area (Å²) in [4.78, 5) is 25.9. The van der Waals surface area contributed by atoms with Crippen LogP contribution in [0.1, 0.15) is 24.3 Å². The highest BCUT2D eigenvalue weighted by Gasteiger charge is 2.24. The molecule has 0 aliphatic carbocycles. The molecule has 1 amide bonds. The van der Waals surface area contributed by atoms with Gasteiger partial charge >= 0.3 is 5.97 Å². The molecule has 0 aromatic carbocycles. The largest absolute Gasteiger partial charge is 0.480 e. The van der Waals surface area contributed by atoms with Gasteiger partial charge in [-0.3, -0.25) is 4.79 Å². The first-order chi connectivity index (χ1) is 7.91. The van der Waals surface area contributed by atoms with Crippen molar-refractivity contribution < 1.29 is 19.1 Å². The summed E-state index contributed by atoms with van der Waals surface area (Å²) in [6.07, 6.45) is 0. The molecule has 0 spiro atoms. The number of carboxylic acids is 1. The first kappa shape index (κ1) is 13.1. The maximum atomic E-state index is 12.8. The Hall–Kier alpha value is -1.98. The van der Waals surface area contributed by atoms with Crippen LogP contribution >= 0.6 is 0 Å². The molecule has 0 radical (unpaired) electrons. The van der Waals surface area contributed by atoms with E-state index in [4.69, 9.17) is 5.11 Å². The van der Waals surface area contributed by atoms with Crippen LogP contribution in [-0.4, -0.2) is 28.0 Å². The maximum absolute atomic E-state index is 12.8. The quantitative estimate of drug-likeness (QED) is 0.771. The number of nitrogens with zero attached hydrogens (tertiary/aromatic N) is 1. The molecule has 17 heavy (non-hydrogen) atoms. The molecule has 92 valence electrons. The number of halogens is 1. The lowest BCUT2D eigenvalue weighted by Gasteiger charge is -2.17. The second-order valence-corrected chi connectivity index (χ2v) is 3.88. The van der Waals surface area contributed by atoms with E-state index in [0.29, 0.717) is 0 Å². The Kier molecular flexibility index (Phi) is 4.14. The third-order valence-corrected chi connectivity index (χ3v) is 2.17. The van der Waals surface area contributed by atoms with Gasteiger partial charge in [-0.25, -0.2) is 9.78 Å². The number of aliphatic carboxylic acids is 1. The van der Waals surface area contributed by atoms with E-state index in [1.54, 1.807) is 13.8 Å². The van der Waals surface area contributed by atoms with Gasteiger partial charge in [-0.1, -0.05) is 19.9 Å². The molecular formula is C11H13FN2O3. The summed E-state index contributed by atoms with van der Waals surface area (Å²) in [6, 6.07) is 2.74. The number of carboxylic acid groups (broad SMARTS) is 1. The van der Waals surface area contributed by atoms with Crippen LogP contribution in [0.15, 0.2) is 18.2 Å². The lowest BCUT2D eigenvalue weighted by Crippen LogP contribution is -2.44. The number of hydrogen-bond donors (Lipinski definition) is 2. The topological polar surface area (TPSA) is 79.3 Å². The number of aromatic nitrogens is 1. The predicted octanol–water partition coefficient (Wildman–Crippen LogP) is 1.06. The summed E-state index contributed by atoms with van der Waals surface area (Å²) >= 11 is 0. The lowest BCUT2D eigenvalue weighted by atomic mass is 10.0. The standard InChI is InChI=1S/C11H13FN2O3/c1-6(2)9(11(16)17)14-10(15)7-4-3-5-8(12)13-7/h3-6,9H,1-2H3,(H,14,15)(H,16,17)/t9-/m1/s1. The molecule has 0 saturated carbocycles. The highest BCUT2D eigenvalue weighted by Crippen LogP contribution is 2.04. The monoisotopic (exact) mass is 240 g/mol. The molecule has 0 unspecified atom stereocenters. The Labute approximate surface area is 97.7 Å². The van der Waals surface area contributed by atoms with Crippen LogP contribution < -0.4 is 5.32 Å². The number of pyridine rings is 1. The van der Waals surface area contributed by atoms with Crippen molar-refractivity contribution in [2.24, 2.45) is 5.92 Å². The first-order valence-corrected chi connectivity index (χ1v) is 5.08. The van der Waals surface area contributed by atoms with Gasteiger partial charge in [-0.2, -0.15) is 4.39 Å². The number of nitrogens with one attached hydrogen (secondary N) is 1. The van der Waals surface area contributed by atoms with Gasteiger partial charge in [0.25, 0.3) is 5.91 Å². The molecule has 1 aromatic heterocycles. The van der Waals surface area contributed by atoms with Crippen LogP contribution in [0.4, 0.5) is 4.39 Å². The van der Waals surface area contributed by atoms with Crippen molar-refractivity contribution in [3.63, 3.8) is 0 Å². The predicted molar refractivity (Wildman–Crippen MR) is 57.9 cm³/mol. The van der Waals surface area contributed by atoms with Crippen molar-refractivity contribution in [2.75, 3.05) is 0 Å².